The van der Waals surface area contributed by atoms with Crippen LogP contribution in [0.4, 0.5) is 0 Å². The smallest absolute Gasteiger partial charge is 0.308 e. The lowest BCUT2D eigenvalue weighted by Crippen LogP contribution is -2.29. The Balaban J connectivity index is 1.85. The summed E-state index contributed by atoms with van der Waals surface area (Å²) in [6.45, 7) is 0.333. The van der Waals surface area contributed by atoms with Crippen LogP contribution in [0.5, 0.6) is 5.75 Å². The number of allylic oxidation sites excluding steroid dienone is 1. The van der Waals surface area contributed by atoms with Crippen molar-refractivity contribution in [3.8, 4) is 5.75 Å². The molecule has 1 aromatic heterocycles. The summed E-state index contributed by atoms with van der Waals surface area (Å²) in [5.74, 6) is -0.438. The predicted molar refractivity (Wildman–Crippen MR) is 78.7 cm³/mol. The quantitative estimate of drug-likeness (QED) is 0.844. The molecule has 0 amide bonds. The predicted octanol–water partition coefficient (Wildman–Crippen LogP) is 2.58. The molecule has 0 radical (unpaired) electrons. The third-order valence-corrected chi connectivity index (χ3v) is 4.16. The van der Waals surface area contributed by atoms with Crippen LogP contribution in [-0.2, 0) is 4.79 Å². The van der Waals surface area contributed by atoms with E-state index < -0.39 is 11.9 Å². The molecule has 0 saturated heterocycles. The first-order valence-corrected chi connectivity index (χ1v) is 6.94. The van der Waals surface area contributed by atoms with Gasteiger partial charge in [0.25, 0.3) is 0 Å². The van der Waals surface area contributed by atoms with E-state index in [1.807, 2.05) is 24.4 Å². The summed E-state index contributed by atoms with van der Waals surface area (Å²) in [6.07, 6.45) is 6.01. The Labute approximate surface area is 121 Å². The van der Waals surface area contributed by atoms with E-state index in [2.05, 4.69) is 16.0 Å². The molecule has 3 heterocycles. The molecule has 5 heteroatoms. The van der Waals surface area contributed by atoms with Gasteiger partial charge < -0.3 is 14.8 Å². The number of aromatic amines is 1. The number of aliphatic imine (C=N–C) groups is 1. The Hall–Kier alpha value is -2.56. The zero-order chi connectivity index (χ0) is 14.4. The SMILES string of the molecule is O=C(O)C1CN=C2c3cc4cc[nH]c4cc3OC=CC2C1. The lowest BCUT2D eigenvalue weighted by atomic mass is 9.84. The zero-order valence-corrected chi connectivity index (χ0v) is 11.2. The largest absolute Gasteiger partial charge is 0.481 e. The molecular formula is C16H14N2O3. The number of benzene rings is 1. The van der Waals surface area contributed by atoms with Gasteiger partial charge in [-0.15, -0.1) is 0 Å². The highest BCUT2D eigenvalue weighted by Gasteiger charge is 2.31. The van der Waals surface area contributed by atoms with E-state index in [1.54, 1.807) is 6.26 Å². The first-order chi connectivity index (χ1) is 10.2. The Morgan fingerprint density at radius 2 is 2.33 bits per heavy atom. The summed E-state index contributed by atoms with van der Waals surface area (Å²) in [4.78, 5) is 18.9. The number of hydrogen-bond acceptors (Lipinski definition) is 3. The molecule has 0 saturated carbocycles. The van der Waals surface area contributed by atoms with Crippen LogP contribution in [0, 0.1) is 11.8 Å². The number of aromatic nitrogens is 1. The molecule has 0 fully saturated rings. The average molecular weight is 282 g/mol. The molecule has 2 unspecified atom stereocenters. The molecule has 5 nitrogen and oxygen atoms in total. The topological polar surface area (TPSA) is 74.7 Å². The van der Waals surface area contributed by atoms with Crippen molar-refractivity contribution < 1.29 is 14.6 Å². The van der Waals surface area contributed by atoms with E-state index in [-0.39, 0.29) is 5.92 Å². The van der Waals surface area contributed by atoms with E-state index in [0.29, 0.717) is 13.0 Å². The average Bonchev–Trinajstić information content (AvgIpc) is 2.85. The second-order valence-electron chi connectivity index (χ2n) is 5.46. The molecule has 2 N–H and O–H groups in total. The van der Waals surface area contributed by atoms with Crippen LogP contribution >= 0.6 is 0 Å². The van der Waals surface area contributed by atoms with Crippen molar-refractivity contribution in [2.24, 2.45) is 16.8 Å². The van der Waals surface area contributed by atoms with Gasteiger partial charge in [0.2, 0.25) is 0 Å². The number of carboxylic acid groups (broad SMARTS) is 1. The fourth-order valence-electron chi connectivity index (χ4n) is 3.04. The number of ether oxygens (including phenoxy) is 1. The fraction of sp³-hybridized carbons (Fsp3) is 0.250. The summed E-state index contributed by atoms with van der Waals surface area (Å²) >= 11 is 0. The molecule has 106 valence electrons. The highest BCUT2D eigenvalue weighted by Crippen LogP contribution is 2.34. The molecule has 2 aliphatic rings. The van der Waals surface area contributed by atoms with Crippen molar-refractivity contribution in [2.75, 3.05) is 6.54 Å². The first kappa shape index (κ1) is 12.2. The van der Waals surface area contributed by atoms with Crippen LogP contribution in [0.1, 0.15) is 12.0 Å². The zero-order valence-electron chi connectivity index (χ0n) is 11.2. The maximum absolute atomic E-state index is 11.2. The number of hydrogen-bond donors (Lipinski definition) is 2. The highest BCUT2D eigenvalue weighted by molar-refractivity contribution is 6.08. The normalized spacial score (nSPS) is 23.7. The fourth-order valence-corrected chi connectivity index (χ4v) is 3.04. The van der Waals surface area contributed by atoms with Gasteiger partial charge in [0, 0.05) is 34.6 Å². The number of nitrogens with one attached hydrogen (secondary N) is 1. The van der Waals surface area contributed by atoms with E-state index in [9.17, 15) is 9.90 Å². The molecule has 4 rings (SSSR count). The van der Waals surface area contributed by atoms with Crippen LogP contribution in [0.25, 0.3) is 10.9 Å². The molecule has 21 heavy (non-hydrogen) atoms. The third kappa shape index (κ3) is 1.93. The van der Waals surface area contributed by atoms with Gasteiger partial charge in [-0.05, 0) is 24.6 Å². The van der Waals surface area contributed by atoms with Crippen molar-refractivity contribution in [1.29, 1.82) is 0 Å². The van der Waals surface area contributed by atoms with Crippen molar-refractivity contribution in [3.63, 3.8) is 0 Å². The van der Waals surface area contributed by atoms with Gasteiger partial charge in [-0.2, -0.15) is 0 Å². The van der Waals surface area contributed by atoms with Crippen LogP contribution in [-0.4, -0.2) is 28.3 Å². The van der Waals surface area contributed by atoms with Crippen LogP contribution in [0.3, 0.4) is 0 Å². The lowest BCUT2D eigenvalue weighted by molar-refractivity contribution is -0.141. The van der Waals surface area contributed by atoms with Crippen molar-refractivity contribution in [1.82, 2.24) is 4.98 Å². The molecule has 0 aliphatic carbocycles. The van der Waals surface area contributed by atoms with Crippen LogP contribution in [0.15, 0.2) is 41.7 Å². The monoisotopic (exact) mass is 282 g/mol. The number of fused-ring (bicyclic) bond motifs is 4. The van der Waals surface area contributed by atoms with E-state index in [0.717, 1.165) is 27.9 Å². The van der Waals surface area contributed by atoms with Gasteiger partial charge in [0.1, 0.15) is 5.75 Å². The van der Waals surface area contributed by atoms with E-state index in [4.69, 9.17) is 4.74 Å². The Kier molecular flexibility index (Phi) is 2.60. The number of aliphatic carboxylic acids is 1. The summed E-state index contributed by atoms with van der Waals surface area (Å²) in [5, 5.41) is 10.3. The number of H-pyrrole nitrogens is 1. The summed E-state index contributed by atoms with van der Waals surface area (Å²) in [7, 11) is 0. The van der Waals surface area contributed by atoms with Gasteiger partial charge in [-0.1, -0.05) is 0 Å². The minimum atomic E-state index is -0.780. The molecule has 0 bridgehead atoms. The van der Waals surface area contributed by atoms with Crippen molar-refractivity contribution in [2.45, 2.75) is 6.42 Å². The third-order valence-electron chi connectivity index (χ3n) is 4.16. The standard InChI is InChI=1S/C16H14N2O3/c19-16(20)11-5-10-2-4-21-14-7-13-9(1-3-17-13)6-12(14)15(10)18-8-11/h1-4,6-7,10-11,17H,5,8H2,(H,19,20). The molecular weight excluding hydrogens is 268 g/mol. The number of nitrogens with zero attached hydrogens (tertiary/aromatic N) is 1. The number of carboxylic acids is 1. The number of carbonyl (C=O) groups is 1. The highest BCUT2D eigenvalue weighted by atomic mass is 16.5. The Bertz CT molecular complexity index is 788. The summed E-state index contributed by atoms with van der Waals surface area (Å²) < 4.78 is 5.68. The lowest BCUT2D eigenvalue weighted by Gasteiger charge is -2.24. The summed E-state index contributed by atoms with van der Waals surface area (Å²) in [5.41, 5.74) is 2.90. The minimum absolute atomic E-state index is 0.00232. The molecule has 0 spiro atoms. The maximum Gasteiger partial charge on any atom is 0.308 e. The van der Waals surface area contributed by atoms with Gasteiger partial charge in [0.05, 0.1) is 24.4 Å². The van der Waals surface area contributed by atoms with Gasteiger partial charge in [-0.3, -0.25) is 9.79 Å². The Morgan fingerprint density at radius 1 is 1.43 bits per heavy atom. The Morgan fingerprint density at radius 3 is 3.19 bits per heavy atom. The van der Waals surface area contributed by atoms with Crippen LogP contribution in [0.2, 0.25) is 0 Å². The first-order valence-electron chi connectivity index (χ1n) is 6.94. The van der Waals surface area contributed by atoms with Gasteiger partial charge in [-0.25, -0.2) is 0 Å². The van der Waals surface area contributed by atoms with Gasteiger partial charge >= 0.3 is 5.97 Å². The molecule has 1 aromatic carbocycles. The van der Waals surface area contributed by atoms with Gasteiger partial charge in [0.15, 0.2) is 0 Å². The second-order valence-corrected chi connectivity index (χ2v) is 5.46. The number of rotatable bonds is 1. The molecule has 2 aliphatic heterocycles. The minimum Gasteiger partial charge on any atom is -0.481 e. The molecule has 2 atom stereocenters. The van der Waals surface area contributed by atoms with Crippen LogP contribution < -0.4 is 4.74 Å². The van der Waals surface area contributed by atoms with E-state index in [1.165, 1.54) is 0 Å². The summed E-state index contributed by atoms with van der Waals surface area (Å²) in [6, 6.07) is 6.02. The second kappa shape index (κ2) is 4.48. The van der Waals surface area contributed by atoms with E-state index >= 15 is 0 Å². The molecule has 2 aromatic rings. The maximum atomic E-state index is 11.2. The van der Waals surface area contributed by atoms with Crippen molar-refractivity contribution in [3.05, 3.63) is 42.3 Å². The van der Waals surface area contributed by atoms with Crippen molar-refractivity contribution >= 4 is 22.6 Å².